The van der Waals surface area contributed by atoms with E-state index in [0.717, 1.165) is 22.9 Å². The van der Waals surface area contributed by atoms with Crippen LogP contribution in [0.3, 0.4) is 0 Å². The van der Waals surface area contributed by atoms with Crippen LogP contribution < -0.4 is 5.32 Å². The van der Waals surface area contributed by atoms with Gasteiger partial charge in [0.2, 0.25) is 0 Å². The van der Waals surface area contributed by atoms with Crippen LogP contribution in [0.5, 0.6) is 0 Å². The predicted molar refractivity (Wildman–Crippen MR) is 117 cm³/mol. The van der Waals surface area contributed by atoms with Crippen molar-refractivity contribution in [3.8, 4) is 11.3 Å². The highest BCUT2D eigenvalue weighted by Gasteiger charge is 2.25. The highest BCUT2D eigenvalue weighted by Crippen LogP contribution is 2.31. The molecule has 9 heteroatoms. The average Bonchev–Trinajstić information content (AvgIpc) is 2.99. The molecule has 3 rings (SSSR count). The van der Waals surface area contributed by atoms with Crippen LogP contribution in [0.4, 0.5) is 0 Å². The van der Waals surface area contributed by atoms with Crippen LogP contribution in [0, 0.1) is 6.92 Å². The molecule has 0 spiro atoms. The van der Waals surface area contributed by atoms with Crippen LogP contribution in [0.2, 0.25) is 0 Å². The normalized spacial score (nSPS) is 11.8. The van der Waals surface area contributed by atoms with Crippen molar-refractivity contribution < 1.29 is 16.8 Å². The van der Waals surface area contributed by atoms with Crippen LogP contribution in [0.15, 0.2) is 70.6 Å². The van der Waals surface area contributed by atoms with E-state index in [2.05, 4.69) is 5.32 Å². The summed E-state index contributed by atoms with van der Waals surface area (Å²) < 4.78 is 51.8. The van der Waals surface area contributed by atoms with Gasteiger partial charge in [0, 0.05) is 19.0 Å². The fraction of sp³-hybridized carbons (Fsp3) is 0.200. The molecule has 1 heterocycles. The highest BCUT2D eigenvalue weighted by atomic mass is 35.5. The molecular formula is C20H23ClN2O4S2. The maximum atomic E-state index is 13.4. The Morgan fingerprint density at radius 1 is 0.931 bits per heavy atom. The number of benzene rings is 2. The van der Waals surface area contributed by atoms with Crippen molar-refractivity contribution in [3.05, 3.63) is 71.9 Å². The summed E-state index contributed by atoms with van der Waals surface area (Å²) in [7, 11) is -5.73. The van der Waals surface area contributed by atoms with Gasteiger partial charge in [-0.15, -0.1) is 12.4 Å². The molecule has 0 aliphatic rings. The summed E-state index contributed by atoms with van der Waals surface area (Å²) in [4.78, 5) is -0.104. The quantitative estimate of drug-likeness (QED) is 0.618. The number of hydrogen-bond acceptors (Lipinski definition) is 5. The molecule has 6 nitrogen and oxygen atoms in total. The Labute approximate surface area is 178 Å². The van der Waals surface area contributed by atoms with E-state index in [1.54, 1.807) is 13.2 Å². The number of hydrogen-bond donors (Lipinski definition) is 1. The molecule has 2 aromatic carbocycles. The molecule has 29 heavy (non-hydrogen) atoms. The lowest BCUT2D eigenvalue weighted by atomic mass is 10.1. The molecule has 1 N–H and O–H groups in total. The number of halogens is 1. The van der Waals surface area contributed by atoms with Crippen molar-refractivity contribution in [1.82, 2.24) is 9.29 Å². The Kier molecular flexibility index (Phi) is 6.95. The maximum Gasteiger partial charge on any atom is 0.268 e. The van der Waals surface area contributed by atoms with Gasteiger partial charge >= 0.3 is 0 Å². The molecule has 0 radical (unpaired) electrons. The topological polar surface area (TPSA) is 85.2 Å². The van der Waals surface area contributed by atoms with E-state index in [9.17, 15) is 16.8 Å². The number of nitrogens with one attached hydrogen (secondary N) is 1. The molecule has 0 bridgehead atoms. The van der Waals surface area contributed by atoms with Gasteiger partial charge in [0.1, 0.15) is 0 Å². The van der Waals surface area contributed by atoms with Crippen LogP contribution in [-0.2, 0) is 26.4 Å². The van der Waals surface area contributed by atoms with Gasteiger partial charge in [-0.3, -0.25) is 0 Å². The Hall–Kier alpha value is -2.13. The molecule has 0 saturated heterocycles. The third-order valence-corrected chi connectivity index (χ3v) is 7.30. The van der Waals surface area contributed by atoms with Crippen LogP contribution >= 0.6 is 12.4 Å². The molecule has 0 atom stereocenters. The smallest absolute Gasteiger partial charge is 0.268 e. The van der Waals surface area contributed by atoms with Gasteiger partial charge < -0.3 is 5.32 Å². The van der Waals surface area contributed by atoms with E-state index in [-0.39, 0.29) is 22.2 Å². The van der Waals surface area contributed by atoms with Gasteiger partial charge in [-0.1, -0.05) is 36.4 Å². The molecule has 0 unspecified atom stereocenters. The zero-order chi connectivity index (χ0) is 20.5. The van der Waals surface area contributed by atoms with Crippen molar-refractivity contribution in [2.45, 2.75) is 23.3 Å². The first-order valence-corrected chi connectivity index (χ1v) is 12.0. The molecule has 0 amide bonds. The number of nitrogens with zero attached hydrogens (tertiary/aromatic N) is 1. The molecule has 0 aliphatic carbocycles. The second-order valence-corrected chi connectivity index (χ2v) is 10.4. The Morgan fingerprint density at radius 3 is 2.14 bits per heavy atom. The van der Waals surface area contributed by atoms with E-state index in [4.69, 9.17) is 0 Å². The van der Waals surface area contributed by atoms with Crippen molar-refractivity contribution >= 4 is 32.3 Å². The van der Waals surface area contributed by atoms with E-state index in [1.165, 1.54) is 28.2 Å². The second-order valence-electron chi connectivity index (χ2n) is 6.57. The summed E-state index contributed by atoms with van der Waals surface area (Å²) in [5, 5.41) is 3.05. The van der Waals surface area contributed by atoms with Crippen molar-refractivity contribution in [2.75, 3.05) is 13.3 Å². The molecule has 0 aliphatic heterocycles. The van der Waals surface area contributed by atoms with E-state index >= 15 is 0 Å². The fourth-order valence-electron chi connectivity index (χ4n) is 3.10. The molecular weight excluding hydrogens is 432 g/mol. The van der Waals surface area contributed by atoms with Gasteiger partial charge in [0.25, 0.3) is 10.0 Å². The van der Waals surface area contributed by atoms with Gasteiger partial charge in [-0.2, -0.15) is 0 Å². The van der Waals surface area contributed by atoms with Crippen LogP contribution in [0.1, 0.15) is 11.1 Å². The minimum Gasteiger partial charge on any atom is -0.316 e. The predicted octanol–water partition coefficient (Wildman–Crippen LogP) is 3.25. The van der Waals surface area contributed by atoms with Crippen molar-refractivity contribution in [2.24, 2.45) is 0 Å². The van der Waals surface area contributed by atoms with Gasteiger partial charge in [0.05, 0.1) is 15.5 Å². The first-order valence-electron chi connectivity index (χ1n) is 8.63. The van der Waals surface area contributed by atoms with Crippen LogP contribution in [0.25, 0.3) is 11.3 Å². The summed E-state index contributed by atoms with van der Waals surface area (Å²) in [5.74, 6) is 0. The summed E-state index contributed by atoms with van der Waals surface area (Å²) >= 11 is 0. The van der Waals surface area contributed by atoms with E-state index in [1.807, 2.05) is 37.3 Å². The number of aromatic nitrogens is 1. The molecule has 1 aromatic heterocycles. The monoisotopic (exact) mass is 454 g/mol. The minimum atomic E-state index is -4.00. The summed E-state index contributed by atoms with van der Waals surface area (Å²) in [6.07, 6.45) is 2.65. The second kappa shape index (κ2) is 8.71. The lowest BCUT2D eigenvalue weighted by molar-refractivity contribution is 0.587. The van der Waals surface area contributed by atoms with Crippen molar-refractivity contribution in [1.29, 1.82) is 0 Å². The van der Waals surface area contributed by atoms with Gasteiger partial charge in [-0.25, -0.2) is 20.8 Å². The van der Waals surface area contributed by atoms with Crippen molar-refractivity contribution in [3.63, 3.8) is 0 Å². The van der Waals surface area contributed by atoms with E-state index in [0.29, 0.717) is 12.2 Å². The van der Waals surface area contributed by atoms with Gasteiger partial charge in [0.15, 0.2) is 9.84 Å². The Balaban J connectivity index is 0.00000300. The molecule has 0 fully saturated rings. The first-order chi connectivity index (χ1) is 13.2. The fourth-order valence-corrected chi connectivity index (χ4v) is 5.34. The lowest BCUT2D eigenvalue weighted by Crippen LogP contribution is -2.14. The third kappa shape index (κ3) is 4.56. The molecule has 0 saturated carbocycles. The zero-order valence-corrected chi connectivity index (χ0v) is 18.7. The zero-order valence-electron chi connectivity index (χ0n) is 16.3. The number of sulfone groups is 1. The minimum absolute atomic E-state index is 0. The first kappa shape index (κ1) is 23.2. The number of rotatable bonds is 6. The van der Waals surface area contributed by atoms with Gasteiger partial charge in [-0.05, 0) is 48.9 Å². The SMILES string of the molecule is CNCc1cn(S(=O)(=O)c2cccc(S(C)(=O)=O)c2)c(-c2ccccc2)c1C.Cl. The maximum absolute atomic E-state index is 13.4. The lowest BCUT2D eigenvalue weighted by Gasteiger charge is -2.12. The standard InChI is InChI=1S/C20H22N2O4S2.ClH/c1-15-17(13-21-2)14-22(20(15)16-8-5-4-6-9-16)28(25,26)19-11-7-10-18(12-19)27(3,23)24;/h4-12,14,21H,13H2,1-3H3;1H. The molecule has 3 aromatic rings. The summed E-state index contributed by atoms with van der Waals surface area (Å²) in [6.45, 7) is 2.39. The average molecular weight is 455 g/mol. The van der Waals surface area contributed by atoms with Crippen LogP contribution in [-0.4, -0.2) is 34.1 Å². The highest BCUT2D eigenvalue weighted by molar-refractivity contribution is 7.91. The Morgan fingerprint density at radius 2 is 1.55 bits per heavy atom. The largest absolute Gasteiger partial charge is 0.316 e. The Bertz CT molecular complexity index is 1220. The third-order valence-electron chi connectivity index (χ3n) is 4.54. The molecule has 156 valence electrons. The summed E-state index contributed by atoms with van der Waals surface area (Å²) in [5.41, 5.74) is 3.04. The van der Waals surface area contributed by atoms with E-state index < -0.39 is 19.9 Å². The summed E-state index contributed by atoms with van der Waals surface area (Å²) in [6, 6.07) is 14.7.